The summed E-state index contributed by atoms with van der Waals surface area (Å²) in [4.78, 5) is 13.7. The number of H-pyrrole nitrogens is 1. The van der Waals surface area contributed by atoms with E-state index in [9.17, 15) is 9.18 Å². The number of anilines is 1. The van der Waals surface area contributed by atoms with Gasteiger partial charge in [0.25, 0.3) is 5.56 Å². The quantitative estimate of drug-likeness (QED) is 0.724. The largest absolute Gasteiger partial charge is 0.362 e. The zero-order valence-corrected chi connectivity index (χ0v) is 16.3. The third kappa shape index (κ3) is 3.17. The predicted molar refractivity (Wildman–Crippen MR) is 104 cm³/mol. The van der Waals surface area contributed by atoms with Crippen LogP contribution in [0, 0.1) is 0 Å². The van der Waals surface area contributed by atoms with Gasteiger partial charge in [-0.3, -0.25) is 4.79 Å². The average Bonchev–Trinajstić information content (AvgIpc) is 3.12. The molecule has 146 valence electrons. The van der Waals surface area contributed by atoms with Crippen LogP contribution >= 0.6 is 11.6 Å². The molecule has 1 N–H and O–H groups in total. The van der Waals surface area contributed by atoms with Crippen LogP contribution in [0.25, 0.3) is 0 Å². The molecular weight excluding hydrogens is 383 g/mol. The van der Waals surface area contributed by atoms with Crippen LogP contribution in [0.4, 0.5) is 10.1 Å². The number of aromatic amines is 1. The van der Waals surface area contributed by atoms with Crippen LogP contribution in [0.3, 0.4) is 0 Å². The first-order valence-electron chi connectivity index (χ1n) is 9.11. The number of hydrogen-bond donors (Lipinski definition) is 1. The molecule has 1 unspecified atom stereocenters. The number of rotatable bonds is 4. The molecule has 0 fully saturated rings. The second-order valence-electron chi connectivity index (χ2n) is 6.92. The Balaban J connectivity index is 1.65. The first-order valence-corrected chi connectivity index (χ1v) is 9.49. The van der Waals surface area contributed by atoms with Crippen molar-refractivity contribution in [3.8, 4) is 0 Å². The van der Waals surface area contributed by atoms with Crippen LogP contribution in [0.1, 0.15) is 48.6 Å². The fourth-order valence-corrected chi connectivity index (χ4v) is 3.94. The van der Waals surface area contributed by atoms with Crippen LogP contribution in [0.15, 0.2) is 35.3 Å². The molecule has 4 rings (SSSR count). The van der Waals surface area contributed by atoms with Crippen molar-refractivity contribution in [1.82, 2.24) is 25.2 Å². The van der Waals surface area contributed by atoms with Gasteiger partial charge < -0.3 is 4.90 Å². The summed E-state index contributed by atoms with van der Waals surface area (Å²) in [6, 6.07) is 7.35. The summed E-state index contributed by atoms with van der Waals surface area (Å²) in [5.74, 6) is 0. The monoisotopic (exact) mass is 402 g/mol. The molecule has 0 spiro atoms. The van der Waals surface area contributed by atoms with Gasteiger partial charge >= 0.3 is 0 Å². The molecule has 0 aliphatic carbocycles. The van der Waals surface area contributed by atoms with Crippen LogP contribution in [-0.2, 0) is 13.0 Å². The van der Waals surface area contributed by atoms with E-state index in [4.69, 9.17) is 11.6 Å². The van der Waals surface area contributed by atoms with Crippen molar-refractivity contribution in [3.05, 3.63) is 68.4 Å². The molecule has 0 saturated carbocycles. The fraction of sp³-hybridized carbons (Fsp3) is 0.368. The van der Waals surface area contributed by atoms with E-state index in [0.717, 1.165) is 17.0 Å². The number of hydrogen-bond acceptors (Lipinski definition) is 5. The lowest BCUT2D eigenvalue weighted by Gasteiger charge is -2.29. The van der Waals surface area contributed by atoms with E-state index in [1.165, 1.54) is 0 Å². The minimum Gasteiger partial charge on any atom is -0.362 e. The molecule has 1 aromatic carbocycles. The normalized spacial score (nSPS) is 15.9. The molecule has 1 aliphatic rings. The molecule has 1 aliphatic heterocycles. The van der Waals surface area contributed by atoms with Crippen LogP contribution in [0.5, 0.6) is 0 Å². The highest BCUT2D eigenvalue weighted by molar-refractivity contribution is 6.32. The molecule has 3 heterocycles. The zero-order chi connectivity index (χ0) is 19.8. The molecular formula is C19H20ClFN6O. The lowest BCUT2D eigenvalue weighted by molar-refractivity contribution is 0.367. The molecule has 2 atom stereocenters. The predicted octanol–water partition coefficient (Wildman–Crippen LogP) is 3.22. The van der Waals surface area contributed by atoms with Crippen molar-refractivity contribution in [1.29, 1.82) is 0 Å². The molecule has 2 aromatic heterocycles. The molecule has 28 heavy (non-hydrogen) atoms. The lowest BCUT2D eigenvalue weighted by atomic mass is 9.98. The Hall–Kier alpha value is -2.74. The molecule has 3 aromatic rings. The highest BCUT2D eigenvalue weighted by Crippen LogP contribution is 2.31. The van der Waals surface area contributed by atoms with Gasteiger partial charge in [0, 0.05) is 13.0 Å². The zero-order valence-electron chi connectivity index (χ0n) is 15.6. The van der Waals surface area contributed by atoms with E-state index in [2.05, 4.69) is 20.5 Å². The molecule has 0 bridgehead atoms. The molecule has 9 heteroatoms. The number of nitrogens with zero attached hydrogens (tertiary/aromatic N) is 5. The van der Waals surface area contributed by atoms with E-state index >= 15 is 0 Å². The molecule has 7 nitrogen and oxygen atoms in total. The van der Waals surface area contributed by atoms with Crippen molar-refractivity contribution in [3.63, 3.8) is 0 Å². The highest BCUT2D eigenvalue weighted by Gasteiger charge is 2.27. The summed E-state index contributed by atoms with van der Waals surface area (Å²) >= 11 is 6.13. The minimum absolute atomic E-state index is 0.116. The van der Waals surface area contributed by atoms with Crippen molar-refractivity contribution < 1.29 is 4.39 Å². The van der Waals surface area contributed by atoms with Gasteiger partial charge in [-0.1, -0.05) is 41.1 Å². The van der Waals surface area contributed by atoms with Crippen molar-refractivity contribution in [2.75, 3.05) is 11.4 Å². The van der Waals surface area contributed by atoms with Gasteiger partial charge in [0.2, 0.25) is 0 Å². The third-order valence-corrected chi connectivity index (χ3v) is 5.56. The fourth-order valence-electron chi connectivity index (χ4n) is 3.73. The minimum atomic E-state index is -1.06. The maximum Gasteiger partial charge on any atom is 0.285 e. The number of fused-ring (bicyclic) bond motifs is 1. The van der Waals surface area contributed by atoms with E-state index in [1.54, 1.807) is 13.1 Å². The van der Waals surface area contributed by atoms with Gasteiger partial charge in [0.15, 0.2) is 0 Å². The van der Waals surface area contributed by atoms with Crippen molar-refractivity contribution >= 4 is 17.3 Å². The summed E-state index contributed by atoms with van der Waals surface area (Å²) in [6.07, 6.45) is 1.17. The van der Waals surface area contributed by atoms with Gasteiger partial charge in [0.05, 0.1) is 30.2 Å². The lowest BCUT2D eigenvalue weighted by Crippen LogP contribution is -2.33. The number of aromatic nitrogens is 5. The third-order valence-electron chi connectivity index (χ3n) is 5.19. The number of nitrogens with one attached hydrogen (secondary N) is 1. The number of benzene rings is 1. The van der Waals surface area contributed by atoms with Crippen LogP contribution in [0.2, 0.25) is 5.02 Å². The van der Waals surface area contributed by atoms with Crippen LogP contribution in [-0.4, -0.2) is 31.7 Å². The maximum atomic E-state index is 14.0. The summed E-state index contributed by atoms with van der Waals surface area (Å²) in [5.41, 5.74) is 3.56. The van der Waals surface area contributed by atoms with Gasteiger partial charge in [0.1, 0.15) is 16.9 Å². The average molecular weight is 403 g/mol. The first-order chi connectivity index (χ1) is 13.5. The Morgan fingerprint density at radius 3 is 2.75 bits per heavy atom. The van der Waals surface area contributed by atoms with E-state index in [-0.39, 0.29) is 11.1 Å². The highest BCUT2D eigenvalue weighted by atomic mass is 35.5. The summed E-state index contributed by atoms with van der Waals surface area (Å²) < 4.78 is 15.9. The van der Waals surface area contributed by atoms with Gasteiger partial charge in [-0.05, 0) is 25.0 Å². The van der Waals surface area contributed by atoms with Crippen LogP contribution < -0.4 is 10.5 Å². The molecule has 0 radical (unpaired) electrons. The first kappa shape index (κ1) is 18.6. The van der Waals surface area contributed by atoms with E-state index < -0.39 is 11.7 Å². The van der Waals surface area contributed by atoms with Gasteiger partial charge in [-0.2, -0.15) is 5.10 Å². The second kappa shape index (κ2) is 7.35. The second-order valence-corrected chi connectivity index (χ2v) is 7.30. The summed E-state index contributed by atoms with van der Waals surface area (Å²) in [6.45, 7) is 4.67. The SMILES string of the molecule is CC(F)c1ccccc1[C@H](C)n1nnc2c1CCN(c1cn[nH]c(=O)c1Cl)C2. The smallest absolute Gasteiger partial charge is 0.285 e. The number of halogens is 2. The topological polar surface area (TPSA) is 79.7 Å². The van der Waals surface area contributed by atoms with Gasteiger partial charge in [-0.15, -0.1) is 5.10 Å². The Bertz CT molecular complexity index is 1060. The standard InChI is InChI=1S/C19H20ClFN6O/c1-11(21)13-5-3-4-6-14(13)12(2)27-16-7-8-26(10-15(16)23-25-27)17-9-22-24-19(28)18(17)20/h3-6,9,11-12H,7-8,10H2,1-2H3,(H,24,28)/t11?,12-/m0/s1. The Morgan fingerprint density at radius 2 is 2.00 bits per heavy atom. The summed E-state index contributed by atoms with van der Waals surface area (Å²) in [7, 11) is 0. The maximum absolute atomic E-state index is 14.0. The molecule has 0 saturated heterocycles. The number of alkyl halides is 1. The van der Waals surface area contributed by atoms with Gasteiger partial charge in [-0.25, -0.2) is 14.2 Å². The Kier molecular flexibility index (Phi) is 4.89. The summed E-state index contributed by atoms with van der Waals surface area (Å²) in [5, 5.41) is 15.0. The van der Waals surface area contributed by atoms with Crippen molar-refractivity contribution in [2.24, 2.45) is 0 Å². The van der Waals surface area contributed by atoms with E-state index in [0.29, 0.717) is 30.8 Å². The Labute approximate surface area is 166 Å². The van der Waals surface area contributed by atoms with Crippen molar-refractivity contribution in [2.45, 2.75) is 39.0 Å². The van der Waals surface area contributed by atoms with E-state index in [1.807, 2.05) is 40.8 Å². The Morgan fingerprint density at radius 1 is 1.25 bits per heavy atom. The molecule has 0 amide bonds.